The highest BCUT2D eigenvalue weighted by Gasteiger charge is 2.03. The molecule has 60 valence electrons. The summed E-state index contributed by atoms with van der Waals surface area (Å²) < 4.78 is 1.18. The summed E-state index contributed by atoms with van der Waals surface area (Å²) in [6.45, 7) is 0. The normalized spacial score (nSPS) is 9.73. The van der Waals surface area contributed by atoms with Gasteiger partial charge in [-0.15, -0.1) is 0 Å². The second-order valence-electron chi connectivity index (χ2n) is 2.05. The summed E-state index contributed by atoms with van der Waals surface area (Å²) in [4.78, 5) is 11.1. The first-order valence-electron chi connectivity index (χ1n) is 3.06. The van der Waals surface area contributed by atoms with Crippen molar-refractivity contribution in [3.8, 4) is 0 Å². The van der Waals surface area contributed by atoms with Crippen molar-refractivity contribution in [2.24, 2.45) is 7.05 Å². The Kier molecular flexibility index (Phi) is 2.14. The number of nitrogens with one attached hydrogen (secondary N) is 1. The summed E-state index contributed by atoms with van der Waals surface area (Å²) in [6.07, 6.45) is 1.50. The summed E-state index contributed by atoms with van der Waals surface area (Å²) >= 11 is 5.66. The monoisotopic (exact) mass is 173 g/mol. The predicted octanol–water partition coefficient (Wildman–Crippen LogP) is 0.475. The van der Waals surface area contributed by atoms with Gasteiger partial charge >= 0.3 is 0 Å². The standard InChI is InChI=1S/C6H8ClN3O/c1-8-4-3-9-10(2)6(11)5(4)7/h3,8H,1-2H3. The van der Waals surface area contributed by atoms with Gasteiger partial charge in [0.15, 0.2) is 0 Å². The van der Waals surface area contributed by atoms with Gasteiger partial charge in [0, 0.05) is 14.1 Å². The average molecular weight is 174 g/mol. The van der Waals surface area contributed by atoms with Crippen LogP contribution >= 0.6 is 11.6 Å². The van der Waals surface area contributed by atoms with Gasteiger partial charge in [0.2, 0.25) is 0 Å². The first-order chi connectivity index (χ1) is 5.16. The quantitative estimate of drug-likeness (QED) is 0.672. The highest BCUT2D eigenvalue weighted by Crippen LogP contribution is 2.12. The second-order valence-corrected chi connectivity index (χ2v) is 2.43. The lowest BCUT2D eigenvalue weighted by Crippen LogP contribution is -2.20. The van der Waals surface area contributed by atoms with Crippen LogP contribution in [0.4, 0.5) is 5.69 Å². The smallest absolute Gasteiger partial charge is 0.287 e. The van der Waals surface area contributed by atoms with Crippen molar-refractivity contribution >= 4 is 17.3 Å². The zero-order valence-electron chi connectivity index (χ0n) is 6.26. The van der Waals surface area contributed by atoms with E-state index in [9.17, 15) is 4.79 Å². The van der Waals surface area contributed by atoms with E-state index < -0.39 is 0 Å². The first kappa shape index (κ1) is 8.07. The minimum absolute atomic E-state index is 0.171. The van der Waals surface area contributed by atoms with Gasteiger partial charge in [-0.25, -0.2) is 4.68 Å². The van der Waals surface area contributed by atoms with E-state index in [1.165, 1.54) is 10.9 Å². The van der Waals surface area contributed by atoms with E-state index in [4.69, 9.17) is 11.6 Å². The maximum absolute atomic E-state index is 11.1. The van der Waals surface area contributed by atoms with Gasteiger partial charge in [0.25, 0.3) is 5.56 Å². The predicted molar refractivity (Wildman–Crippen MR) is 44.0 cm³/mol. The molecule has 0 spiro atoms. The lowest BCUT2D eigenvalue weighted by molar-refractivity contribution is 0.709. The zero-order valence-corrected chi connectivity index (χ0v) is 7.01. The second kappa shape index (κ2) is 2.92. The largest absolute Gasteiger partial charge is 0.385 e. The van der Waals surface area contributed by atoms with Crippen LogP contribution in [0.2, 0.25) is 5.02 Å². The topological polar surface area (TPSA) is 46.9 Å². The van der Waals surface area contributed by atoms with Gasteiger partial charge in [-0.05, 0) is 0 Å². The van der Waals surface area contributed by atoms with Crippen LogP contribution in [-0.2, 0) is 7.05 Å². The van der Waals surface area contributed by atoms with E-state index in [0.29, 0.717) is 5.69 Å². The maximum Gasteiger partial charge on any atom is 0.287 e. The fourth-order valence-corrected chi connectivity index (χ4v) is 0.951. The van der Waals surface area contributed by atoms with Crippen LogP contribution in [0.25, 0.3) is 0 Å². The van der Waals surface area contributed by atoms with E-state index in [1.54, 1.807) is 14.1 Å². The van der Waals surface area contributed by atoms with Gasteiger partial charge in [0.05, 0.1) is 11.9 Å². The molecule has 0 unspecified atom stereocenters. The molecule has 0 aromatic carbocycles. The Morgan fingerprint density at radius 2 is 2.36 bits per heavy atom. The molecule has 0 aliphatic heterocycles. The van der Waals surface area contributed by atoms with Crippen LogP contribution in [0.1, 0.15) is 0 Å². The Morgan fingerprint density at radius 1 is 1.73 bits per heavy atom. The van der Waals surface area contributed by atoms with Crippen LogP contribution in [0.5, 0.6) is 0 Å². The number of rotatable bonds is 1. The molecule has 0 saturated heterocycles. The molecule has 0 amide bonds. The van der Waals surface area contributed by atoms with E-state index in [2.05, 4.69) is 10.4 Å². The van der Waals surface area contributed by atoms with Crippen molar-refractivity contribution in [3.05, 3.63) is 21.6 Å². The molecule has 0 fully saturated rings. The molecule has 1 rings (SSSR count). The Hall–Kier alpha value is -1.03. The molecule has 0 atom stereocenters. The summed E-state index contributed by atoms with van der Waals surface area (Å²) in [6, 6.07) is 0. The lowest BCUT2D eigenvalue weighted by Gasteiger charge is -2.02. The van der Waals surface area contributed by atoms with Crippen LogP contribution in [0.3, 0.4) is 0 Å². The van der Waals surface area contributed by atoms with Crippen LogP contribution < -0.4 is 10.9 Å². The minimum atomic E-state index is -0.293. The average Bonchev–Trinajstić information content (AvgIpc) is 2.01. The third-order valence-electron chi connectivity index (χ3n) is 1.35. The Morgan fingerprint density at radius 3 is 2.91 bits per heavy atom. The van der Waals surface area contributed by atoms with Gasteiger partial charge < -0.3 is 5.32 Å². The van der Waals surface area contributed by atoms with Gasteiger partial charge in [-0.2, -0.15) is 5.10 Å². The molecule has 0 aliphatic rings. The van der Waals surface area contributed by atoms with Gasteiger partial charge in [-0.3, -0.25) is 4.79 Å². The number of aromatic nitrogens is 2. The first-order valence-corrected chi connectivity index (χ1v) is 3.44. The summed E-state index contributed by atoms with van der Waals surface area (Å²) in [7, 11) is 3.23. The molecule has 0 saturated carbocycles. The molecule has 1 N–H and O–H groups in total. The van der Waals surface area contributed by atoms with Crippen molar-refractivity contribution in [1.82, 2.24) is 9.78 Å². The number of halogens is 1. The minimum Gasteiger partial charge on any atom is -0.385 e. The molecule has 0 radical (unpaired) electrons. The van der Waals surface area contributed by atoms with E-state index >= 15 is 0 Å². The molecule has 1 aromatic rings. The fraction of sp³-hybridized carbons (Fsp3) is 0.333. The van der Waals surface area contributed by atoms with E-state index in [-0.39, 0.29) is 10.6 Å². The van der Waals surface area contributed by atoms with E-state index in [0.717, 1.165) is 0 Å². The number of aryl methyl sites for hydroxylation is 1. The summed E-state index contributed by atoms with van der Waals surface area (Å²) in [5, 5.41) is 6.69. The SMILES string of the molecule is CNc1cnn(C)c(=O)c1Cl. The highest BCUT2D eigenvalue weighted by atomic mass is 35.5. The van der Waals surface area contributed by atoms with Crippen molar-refractivity contribution in [1.29, 1.82) is 0 Å². The van der Waals surface area contributed by atoms with Crippen LogP contribution in [0, 0.1) is 0 Å². The van der Waals surface area contributed by atoms with Crippen LogP contribution in [-0.4, -0.2) is 16.8 Å². The fourth-order valence-electron chi connectivity index (χ4n) is 0.685. The molecule has 5 heteroatoms. The Balaban J connectivity index is 3.37. The molecule has 1 heterocycles. The third kappa shape index (κ3) is 1.35. The van der Waals surface area contributed by atoms with Crippen molar-refractivity contribution in [3.63, 3.8) is 0 Å². The molecule has 1 aromatic heterocycles. The van der Waals surface area contributed by atoms with Gasteiger partial charge in [-0.1, -0.05) is 11.6 Å². The number of anilines is 1. The summed E-state index contributed by atoms with van der Waals surface area (Å²) in [5.74, 6) is 0. The molecule has 0 aliphatic carbocycles. The Labute approximate surface area is 68.8 Å². The molecule has 4 nitrogen and oxygen atoms in total. The Bertz CT molecular complexity index is 320. The number of hydrogen-bond acceptors (Lipinski definition) is 3. The molecular weight excluding hydrogens is 166 g/mol. The van der Waals surface area contributed by atoms with Crippen molar-refractivity contribution < 1.29 is 0 Å². The van der Waals surface area contributed by atoms with Gasteiger partial charge in [0.1, 0.15) is 5.02 Å². The van der Waals surface area contributed by atoms with E-state index in [1.807, 2.05) is 0 Å². The number of nitrogens with zero attached hydrogens (tertiary/aromatic N) is 2. The number of hydrogen-bond donors (Lipinski definition) is 1. The van der Waals surface area contributed by atoms with Crippen molar-refractivity contribution in [2.45, 2.75) is 0 Å². The summed E-state index contributed by atoms with van der Waals surface area (Å²) in [5.41, 5.74) is 0.258. The lowest BCUT2D eigenvalue weighted by atomic mass is 10.5. The highest BCUT2D eigenvalue weighted by molar-refractivity contribution is 6.32. The van der Waals surface area contributed by atoms with Crippen molar-refractivity contribution in [2.75, 3.05) is 12.4 Å². The van der Waals surface area contributed by atoms with Crippen LogP contribution in [0.15, 0.2) is 11.0 Å². The molecule has 0 bridgehead atoms. The zero-order chi connectivity index (χ0) is 8.43. The molecule has 11 heavy (non-hydrogen) atoms. The third-order valence-corrected chi connectivity index (χ3v) is 1.71. The maximum atomic E-state index is 11.1. The molecular formula is C6H8ClN3O.